The summed E-state index contributed by atoms with van der Waals surface area (Å²) in [5.74, 6) is -4.20. The number of aryl methyl sites for hydroxylation is 1. The molecule has 0 radical (unpaired) electrons. The molecule has 0 spiro atoms. The lowest BCUT2D eigenvalue weighted by Gasteiger charge is -2.28. The number of nitrogens with one attached hydrogen (secondary N) is 1. The average Bonchev–Trinajstić information content (AvgIpc) is 3.49. The number of alkyl halides is 3. The van der Waals surface area contributed by atoms with Crippen molar-refractivity contribution in [3.05, 3.63) is 76.0 Å². The summed E-state index contributed by atoms with van der Waals surface area (Å²) in [5, 5.41) is 6.28. The first kappa shape index (κ1) is 26.3. The molecule has 0 unspecified atom stereocenters. The van der Waals surface area contributed by atoms with Crippen molar-refractivity contribution in [3.63, 3.8) is 0 Å². The van der Waals surface area contributed by atoms with Crippen LogP contribution in [0.2, 0.25) is 0 Å². The number of rotatable bonds is 5. The van der Waals surface area contributed by atoms with Crippen LogP contribution < -0.4 is 21.5 Å². The molecule has 3 N–H and O–H groups in total. The summed E-state index contributed by atoms with van der Waals surface area (Å²) in [6.45, 7) is 0.669. The molecule has 0 saturated carbocycles. The molecule has 204 valence electrons. The Balaban J connectivity index is 1.62. The number of aromatic nitrogens is 4. The van der Waals surface area contributed by atoms with Crippen LogP contribution in [0, 0.1) is 11.6 Å². The highest BCUT2D eigenvalue weighted by Crippen LogP contribution is 2.40. The number of fused-ring (bicyclic) bond motifs is 1. The van der Waals surface area contributed by atoms with E-state index in [1.165, 1.54) is 19.2 Å². The number of carbonyl (C=O) groups is 1. The van der Waals surface area contributed by atoms with Gasteiger partial charge >= 0.3 is 6.18 Å². The van der Waals surface area contributed by atoms with Crippen LogP contribution in [0.1, 0.15) is 29.0 Å². The standard InChI is InChI=1S/C25H22F5N7O2/c1-35-18-8-7-17(21(36-11-3-4-13(36)12-31)19(18)34-24(35)25(28,29)30)33-22(38)14-9-10-32-37(23(14)39)20-15(26)5-2-6-16(20)27/h2,5-10,13H,3-4,11-12,31H2,1H3,(H,33,38)/t13-/m0/s1. The van der Waals surface area contributed by atoms with Crippen LogP contribution in [0.15, 0.2) is 47.4 Å². The summed E-state index contributed by atoms with van der Waals surface area (Å²) in [6, 6.07) is 6.64. The monoisotopic (exact) mass is 547 g/mol. The first-order valence-electron chi connectivity index (χ1n) is 11.9. The van der Waals surface area contributed by atoms with E-state index in [-0.39, 0.29) is 35.0 Å². The van der Waals surface area contributed by atoms with E-state index in [9.17, 15) is 31.5 Å². The van der Waals surface area contributed by atoms with Crippen molar-refractivity contribution in [1.29, 1.82) is 0 Å². The van der Waals surface area contributed by atoms with Gasteiger partial charge in [-0.3, -0.25) is 9.59 Å². The number of anilines is 2. The number of amides is 1. The zero-order chi connectivity index (χ0) is 28.1. The Morgan fingerprint density at radius 3 is 2.51 bits per heavy atom. The lowest BCUT2D eigenvalue weighted by molar-refractivity contribution is -0.146. The molecule has 0 aliphatic carbocycles. The summed E-state index contributed by atoms with van der Waals surface area (Å²) in [5.41, 5.74) is 4.09. The smallest absolute Gasteiger partial charge is 0.364 e. The second kappa shape index (κ2) is 9.76. The molecule has 0 bridgehead atoms. The Morgan fingerprint density at radius 2 is 1.85 bits per heavy atom. The molecule has 1 aliphatic heterocycles. The highest BCUT2D eigenvalue weighted by molar-refractivity contribution is 6.09. The minimum Gasteiger partial charge on any atom is -0.364 e. The van der Waals surface area contributed by atoms with Gasteiger partial charge in [0.05, 0.1) is 16.9 Å². The van der Waals surface area contributed by atoms with E-state index in [1.54, 1.807) is 4.90 Å². The van der Waals surface area contributed by atoms with Gasteiger partial charge in [-0.2, -0.15) is 23.0 Å². The number of benzene rings is 2. The predicted octanol–water partition coefficient (Wildman–Crippen LogP) is 3.60. The van der Waals surface area contributed by atoms with E-state index >= 15 is 0 Å². The number of hydrogen-bond donors (Lipinski definition) is 2. The number of para-hydroxylation sites is 1. The van der Waals surface area contributed by atoms with Crippen LogP contribution >= 0.6 is 0 Å². The third-order valence-corrected chi connectivity index (χ3v) is 6.70. The first-order chi connectivity index (χ1) is 18.5. The minimum atomic E-state index is -4.73. The zero-order valence-corrected chi connectivity index (χ0v) is 20.5. The van der Waals surface area contributed by atoms with Crippen molar-refractivity contribution in [1.82, 2.24) is 19.3 Å². The van der Waals surface area contributed by atoms with Gasteiger partial charge in [0.15, 0.2) is 11.6 Å². The van der Waals surface area contributed by atoms with Crippen molar-refractivity contribution >= 4 is 28.3 Å². The number of nitrogens with zero attached hydrogens (tertiary/aromatic N) is 5. The lowest BCUT2D eigenvalue weighted by atomic mass is 10.1. The van der Waals surface area contributed by atoms with Gasteiger partial charge < -0.3 is 20.5 Å². The summed E-state index contributed by atoms with van der Waals surface area (Å²) >= 11 is 0. The van der Waals surface area contributed by atoms with Crippen LogP contribution in [-0.2, 0) is 13.2 Å². The molecule has 3 heterocycles. The maximum Gasteiger partial charge on any atom is 0.449 e. The van der Waals surface area contributed by atoms with Gasteiger partial charge in [0.25, 0.3) is 11.5 Å². The first-order valence-corrected chi connectivity index (χ1v) is 11.9. The molecule has 14 heteroatoms. The van der Waals surface area contributed by atoms with Crippen molar-refractivity contribution < 1.29 is 26.7 Å². The van der Waals surface area contributed by atoms with Crippen LogP contribution in [0.3, 0.4) is 0 Å². The molecule has 1 saturated heterocycles. The molecule has 9 nitrogen and oxygen atoms in total. The van der Waals surface area contributed by atoms with E-state index in [1.807, 2.05) is 0 Å². The number of carbonyl (C=O) groups excluding carboxylic acids is 1. The Hall–Kier alpha value is -4.33. The van der Waals surface area contributed by atoms with Gasteiger partial charge in [-0.05, 0) is 43.2 Å². The zero-order valence-electron chi connectivity index (χ0n) is 20.5. The van der Waals surface area contributed by atoms with E-state index in [0.29, 0.717) is 24.1 Å². The number of halogens is 5. The van der Waals surface area contributed by atoms with Crippen LogP contribution in [-0.4, -0.2) is 44.4 Å². The maximum atomic E-state index is 14.3. The summed E-state index contributed by atoms with van der Waals surface area (Å²) < 4.78 is 71.0. The number of nitrogens with two attached hydrogens (primary N) is 1. The van der Waals surface area contributed by atoms with E-state index in [4.69, 9.17) is 5.73 Å². The molecule has 4 aromatic rings. The Morgan fingerprint density at radius 1 is 1.13 bits per heavy atom. The molecule has 1 atom stereocenters. The normalized spacial score (nSPS) is 15.8. The molecule has 2 aromatic heterocycles. The van der Waals surface area contributed by atoms with Gasteiger partial charge in [0.2, 0.25) is 5.82 Å². The molecular formula is C25H22F5N7O2. The highest BCUT2D eigenvalue weighted by atomic mass is 19.4. The van der Waals surface area contributed by atoms with Crippen molar-refractivity contribution in [2.75, 3.05) is 23.3 Å². The summed E-state index contributed by atoms with van der Waals surface area (Å²) in [7, 11) is 1.24. The molecule has 1 amide bonds. The van der Waals surface area contributed by atoms with Gasteiger partial charge in [-0.15, -0.1) is 0 Å². The summed E-state index contributed by atoms with van der Waals surface area (Å²) in [4.78, 5) is 32.0. The lowest BCUT2D eigenvalue weighted by Crippen LogP contribution is -2.36. The predicted molar refractivity (Wildman–Crippen MR) is 133 cm³/mol. The summed E-state index contributed by atoms with van der Waals surface area (Å²) in [6.07, 6.45) is -2.29. The molecule has 1 aliphatic rings. The molecule has 5 rings (SSSR count). The maximum absolute atomic E-state index is 14.3. The topological polar surface area (TPSA) is 111 Å². The van der Waals surface area contributed by atoms with Gasteiger partial charge in [-0.25, -0.2) is 13.8 Å². The van der Waals surface area contributed by atoms with Gasteiger partial charge in [-0.1, -0.05) is 6.07 Å². The SMILES string of the molecule is Cn1c(C(F)(F)F)nc2c(N3CCC[C@H]3CN)c(NC(=O)c3ccnn(-c4c(F)cccc4F)c3=O)ccc21. The van der Waals surface area contributed by atoms with E-state index in [2.05, 4.69) is 15.4 Å². The van der Waals surface area contributed by atoms with Gasteiger partial charge in [0, 0.05) is 32.4 Å². The van der Waals surface area contributed by atoms with Crippen molar-refractivity contribution in [2.45, 2.75) is 25.1 Å². The number of imidazole rings is 1. The van der Waals surface area contributed by atoms with Crippen LogP contribution in [0.5, 0.6) is 0 Å². The van der Waals surface area contributed by atoms with Crippen LogP contribution in [0.4, 0.5) is 33.3 Å². The fourth-order valence-corrected chi connectivity index (χ4v) is 4.89. The van der Waals surface area contributed by atoms with Crippen molar-refractivity contribution in [2.24, 2.45) is 12.8 Å². The fourth-order valence-electron chi connectivity index (χ4n) is 4.89. The molecule has 1 fully saturated rings. The fraction of sp³-hybridized carbons (Fsp3) is 0.280. The Bertz CT molecular complexity index is 1630. The minimum absolute atomic E-state index is 0.00328. The third-order valence-electron chi connectivity index (χ3n) is 6.70. The average molecular weight is 547 g/mol. The highest BCUT2D eigenvalue weighted by Gasteiger charge is 2.38. The molecule has 39 heavy (non-hydrogen) atoms. The van der Waals surface area contributed by atoms with Crippen LogP contribution in [0.25, 0.3) is 16.7 Å². The van der Waals surface area contributed by atoms with Gasteiger partial charge in [0.1, 0.15) is 16.8 Å². The van der Waals surface area contributed by atoms with E-state index in [0.717, 1.165) is 35.0 Å². The third kappa shape index (κ3) is 4.50. The second-order valence-electron chi connectivity index (χ2n) is 9.03. The molecule has 2 aromatic carbocycles. The Kier molecular flexibility index (Phi) is 6.58. The Labute approximate surface area is 217 Å². The largest absolute Gasteiger partial charge is 0.449 e. The second-order valence-corrected chi connectivity index (χ2v) is 9.03. The quantitative estimate of drug-likeness (QED) is 0.370. The number of hydrogen-bond acceptors (Lipinski definition) is 6. The van der Waals surface area contributed by atoms with Crippen molar-refractivity contribution in [3.8, 4) is 5.69 Å². The molecular weight excluding hydrogens is 525 g/mol. The van der Waals surface area contributed by atoms with E-state index < -0.39 is 46.4 Å².